The van der Waals surface area contributed by atoms with Crippen molar-refractivity contribution in [3.63, 3.8) is 0 Å². The molecule has 4 heteroatoms. The molecular weight excluding hydrogens is 256 g/mol. The zero-order chi connectivity index (χ0) is 13.8. The fourth-order valence-corrected chi connectivity index (χ4v) is 3.89. The molecule has 1 saturated heterocycles. The largest absolute Gasteiger partial charge is 0.391 e. The first-order valence-corrected chi connectivity index (χ1v) is 8.36. The number of nitrogens with zero attached hydrogens (tertiary/aromatic N) is 2. The van der Waals surface area contributed by atoms with E-state index in [0.717, 1.165) is 28.7 Å². The lowest BCUT2D eigenvalue weighted by atomic mass is 10.0. The first kappa shape index (κ1) is 14.8. The minimum Gasteiger partial charge on any atom is -0.391 e. The topological polar surface area (TPSA) is 36.4 Å². The van der Waals surface area contributed by atoms with E-state index >= 15 is 0 Å². The lowest BCUT2D eigenvalue weighted by molar-refractivity contribution is 0.283. The standard InChI is InChI=1S/C15H26N2OS/c1-4-11(2)14-13(10-18)19-15(16-14)17-9-7-5-6-8-12(17)3/h11-12,18H,4-10H2,1-3H3. The van der Waals surface area contributed by atoms with Gasteiger partial charge in [0, 0.05) is 12.6 Å². The predicted molar refractivity (Wildman–Crippen MR) is 82.0 cm³/mol. The fourth-order valence-electron chi connectivity index (χ4n) is 2.72. The summed E-state index contributed by atoms with van der Waals surface area (Å²) in [5.41, 5.74) is 1.11. The smallest absolute Gasteiger partial charge is 0.186 e. The molecule has 19 heavy (non-hydrogen) atoms. The summed E-state index contributed by atoms with van der Waals surface area (Å²) in [6, 6.07) is 0.574. The third-order valence-corrected chi connectivity index (χ3v) is 5.33. The number of rotatable bonds is 4. The van der Waals surface area contributed by atoms with Gasteiger partial charge in [0.2, 0.25) is 0 Å². The van der Waals surface area contributed by atoms with Crippen molar-refractivity contribution in [2.24, 2.45) is 0 Å². The number of hydrogen-bond donors (Lipinski definition) is 1. The van der Waals surface area contributed by atoms with Gasteiger partial charge in [0.25, 0.3) is 0 Å². The molecule has 0 saturated carbocycles. The zero-order valence-corrected chi connectivity index (χ0v) is 13.2. The van der Waals surface area contributed by atoms with Gasteiger partial charge >= 0.3 is 0 Å². The summed E-state index contributed by atoms with van der Waals surface area (Å²) in [4.78, 5) is 8.36. The van der Waals surface area contributed by atoms with Crippen LogP contribution in [0, 0.1) is 0 Å². The molecule has 0 amide bonds. The number of aliphatic hydroxyl groups excluding tert-OH is 1. The minimum absolute atomic E-state index is 0.125. The number of aromatic nitrogens is 1. The van der Waals surface area contributed by atoms with Gasteiger partial charge in [-0.2, -0.15) is 0 Å². The van der Waals surface area contributed by atoms with E-state index in [1.165, 1.54) is 25.7 Å². The van der Waals surface area contributed by atoms with Crippen molar-refractivity contribution >= 4 is 16.5 Å². The van der Waals surface area contributed by atoms with E-state index in [2.05, 4.69) is 25.7 Å². The highest BCUT2D eigenvalue weighted by atomic mass is 32.1. The lowest BCUT2D eigenvalue weighted by Gasteiger charge is -2.26. The van der Waals surface area contributed by atoms with Crippen molar-refractivity contribution in [3.05, 3.63) is 10.6 Å². The number of hydrogen-bond acceptors (Lipinski definition) is 4. The van der Waals surface area contributed by atoms with Crippen molar-refractivity contribution < 1.29 is 5.11 Å². The molecular formula is C15H26N2OS. The van der Waals surface area contributed by atoms with Gasteiger partial charge in [0.05, 0.1) is 17.2 Å². The van der Waals surface area contributed by atoms with Crippen LogP contribution in [0.25, 0.3) is 0 Å². The Morgan fingerprint density at radius 3 is 2.89 bits per heavy atom. The maximum Gasteiger partial charge on any atom is 0.186 e. The monoisotopic (exact) mass is 282 g/mol. The SMILES string of the molecule is CCC(C)c1nc(N2CCCCCC2C)sc1CO. The number of aliphatic hydroxyl groups is 1. The Labute approximate surface area is 120 Å². The van der Waals surface area contributed by atoms with Crippen LogP contribution < -0.4 is 4.90 Å². The Hall–Kier alpha value is -0.610. The molecule has 0 aliphatic carbocycles. The van der Waals surface area contributed by atoms with Crippen molar-refractivity contribution in [2.45, 2.75) is 71.4 Å². The minimum atomic E-state index is 0.125. The summed E-state index contributed by atoms with van der Waals surface area (Å²) in [6.45, 7) is 7.91. The van der Waals surface area contributed by atoms with Gasteiger partial charge in [0.1, 0.15) is 0 Å². The van der Waals surface area contributed by atoms with Crippen molar-refractivity contribution in [1.82, 2.24) is 4.98 Å². The van der Waals surface area contributed by atoms with Gasteiger partial charge in [0.15, 0.2) is 5.13 Å². The van der Waals surface area contributed by atoms with Crippen molar-refractivity contribution in [3.8, 4) is 0 Å². The highest BCUT2D eigenvalue weighted by Gasteiger charge is 2.23. The zero-order valence-electron chi connectivity index (χ0n) is 12.4. The summed E-state index contributed by atoms with van der Waals surface area (Å²) in [5.74, 6) is 0.439. The third kappa shape index (κ3) is 3.29. The molecule has 1 aromatic rings. The van der Waals surface area contributed by atoms with Crippen LogP contribution in [0.15, 0.2) is 0 Å². The van der Waals surface area contributed by atoms with E-state index in [1.54, 1.807) is 11.3 Å². The van der Waals surface area contributed by atoms with Crippen LogP contribution in [0.4, 0.5) is 5.13 Å². The van der Waals surface area contributed by atoms with Gasteiger partial charge in [-0.05, 0) is 32.1 Å². The van der Waals surface area contributed by atoms with Gasteiger partial charge in [-0.25, -0.2) is 4.98 Å². The quantitative estimate of drug-likeness (QED) is 0.909. The fraction of sp³-hybridized carbons (Fsp3) is 0.800. The van der Waals surface area contributed by atoms with Crippen LogP contribution in [0.5, 0.6) is 0 Å². The Morgan fingerprint density at radius 2 is 2.21 bits per heavy atom. The molecule has 1 N–H and O–H groups in total. The van der Waals surface area contributed by atoms with Crippen LogP contribution in [0.3, 0.4) is 0 Å². The first-order chi connectivity index (χ1) is 9.17. The maximum atomic E-state index is 9.55. The second-order valence-corrected chi connectivity index (χ2v) is 6.73. The summed E-state index contributed by atoms with van der Waals surface area (Å²) >= 11 is 1.69. The average molecular weight is 282 g/mol. The first-order valence-electron chi connectivity index (χ1n) is 7.54. The highest BCUT2D eigenvalue weighted by molar-refractivity contribution is 7.15. The van der Waals surface area contributed by atoms with Gasteiger partial charge in [-0.15, -0.1) is 0 Å². The van der Waals surface area contributed by atoms with E-state index in [-0.39, 0.29) is 6.61 Å². The Balaban J connectivity index is 2.26. The van der Waals surface area contributed by atoms with E-state index in [0.29, 0.717) is 12.0 Å². The summed E-state index contributed by atoms with van der Waals surface area (Å²) in [7, 11) is 0. The summed E-state index contributed by atoms with van der Waals surface area (Å²) in [5, 5.41) is 10.7. The lowest BCUT2D eigenvalue weighted by Crippen LogP contribution is -2.32. The van der Waals surface area contributed by atoms with Crippen LogP contribution in [0.2, 0.25) is 0 Å². The highest BCUT2D eigenvalue weighted by Crippen LogP contribution is 2.34. The van der Waals surface area contributed by atoms with Crippen LogP contribution in [-0.2, 0) is 6.61 Å². The maximum absolute atomic E-state index is 9.55. The summed E-state index contributed by atoms with van der Waals surface area (Å²) < 4.78 is 0. The molecule has 1 fully saturated rings. The van der Waals surface area contributed by atoms with Gasteiger partial charge in [-0.3, -0.25) is 0 Å². The van der Waals surface area contributed by atoms with Crippen LogP contribution in [0.1, 0.15) is 69.4 Å². The van der Waals surface area contributed by atoms with E-state index in [1.807, 2.05) is 0 Å². The predicted octanol–water partition coefficient (Wildman–Crippen LogP) is 3.92. The summed E-state index contributed by atoms with van der Waals surface area (Å²) in [6.07, 6.45) is 6.25. The van der Waals surface area contributed by atoms with Crippen molar-refractivity contribution in [1.29, 1.82) is 0 Å². The molecule has 2 rings (SSSR count). The molecule has 1 aliphatic rings. The molecule has 2 heterocycles. The molecule has 0 aromatic carbocycles. The number of thiazole rings is 1. The van der Waals surface area contributed by atoms with Crippen LogP contribution in [-0.4, -0.2) is 22.7 Å². The molecule has 108 valence electrons. The second kappa shape index (κ2) is 6.71. The Bertz CT molecular complexity index is 405. The molecule has 2 atom stereocenters. The van der Waals surface area contributed by atoms with E-state index in [9.17, 15) is 5.11 Å². The Kier molecular flexibility index (Phi) is 5.22. The molecule has 0 bridgehead atoms. The molecule has 2 unspecified atom stereocenters. The van der Waals surface area contributed by atoms with Gasteiger partial charge in [-0.1, -0.05) is 38.0 Å². The Morgan fingerprint density at radius 1 is 1.42 bits per heavy atom. The molecule has 0 radical (unpaired) electrons. The molecule has 3 nitrogen and oxygen atoms in total. The molecule has 0 spiro atoms. The average Bonchev–Trinajstić information content (AvgIpc) is 2.74. The molecule has 1 aliphatic heterocycles. The second-order valence-electron chi connectivity index (χ2n) is 5.66. The van der Waals surface area contributed by atoms with Gasteiger partial charge < -0.3 is 10.0 Å². The van der Waals surface area contributed by atoms with E-state index < -0.39 is 0 Å². The number of anilines is 1. The normalized spacial score (nSPS) is 22.3. The molecule has 1 aromatic heterocycles. The third-order valence-electron chi connectivity index (χ3n) is 4.24. The van der Waals surface area contributed by atoms with E-state index in [4.69, 9.17) is 4.98 Å². The van der Waals surface area contributed by atoms with Crippen molar-refractivity contribution in [2.75, 3.05) is 11.4 Å². The van der Waals surface area contributed by atoms with Crippen LogP contribution >= 0.6 is 11.3 Å².